The second-order valence-electron chi connectivity index (χ2n) is 9.71. The normalized spacial score (nSPS) is 27.1. The summed E-state index contributed by atoms with van der Waals surface area (Å²) >= 11 is 0. The minimum Gasteiger partial charge on any atom is -0.488 e. The summed E-state index contributed by atoms with van der Waals surface area (Å²) in [7, 11) is 0. The third-order valence-corrected chi connectivity index (χ3v) is 6.10. The lowest BCUT2D eigenvalue weighted by Crippen LogP contribution is -2.56. The standard InChI is InChI=1S/C22H31N3O4/c1-22(2,3)29-21(26)23-14-4-7-19(20(8-14)28-18-5-6-18)25-11-15-9-16(25)10-24(15)17-12-27-13-17/h4,7-8,15-18H,5-6,9-13H2,1-3H3,(H,23,26). The Morgan fingerprint density at radius 2 is 1.93 bits per heavy atom. The molecule has 2 unspecified atom stereocenters. The van der Waals surface area contributed by atoms with Crippen molar-refractivity contribution in [2.75, 3.05) is 36.5 Å². The molecular formula is C22H31N3O4. The molecule has 158 valence electrons. The fraction of sp³-hybridized carbons (Fsp3) is 0.682. The highest BCUT2D eigenvalue weighted by Crippen LogP contribution is 2.43. The van der Waals surface area contributed by atoms with E-state index in [0.29, 0.717) is 29.9 Å². The van der Waals surface area contributed by atoms with E-state index in [1.165, 1.54) is 6.42 Å². The van der Waals surface area contributed by atoms with Gasteiger partial charge >= 0.3 is 6.09 Å². The first-order valence-corrected chi connectivity index (χ1v) is 10.8. The van der Waals surface area contributed by atoms with Crippen molar-refractivity contribution in [1.82, 2.24) is 4.90 Å². The molecule has 7 heteroatoms. The van der Waals surface area contributed by atoms with Gasteiger partial charge in [0.2, 0.25) is 0 Å². The fourth-order valence-corrected chi connectivity index (χ4v) is 4.57. The minimum atomic E-state index is -0.524. The van der Waals surface area contributed by atoms with Crippen LogP contribution in [0.5, 0.6) is 5.75 Å². The quantitative estimate of drug-likeness (QED) is 0.817. The predicted octanol–water partition coefficient (Wildman–Crippen LogP) is 3.24. The molecule has 3 saturated heterocycles. The van der Waals surface area contributed by atoms with Crippen molar-refractivity contribution < 1.29 is 19.0 Å². The maximum absolute atomic E-state index is 12.2. The molecule has 0 radical (unpaired) electrons. The summed E-state index contributed by atoms with van der Waals surface area (Å²) in [5, 5.41) is 2.84. The van der Waals surface area contributed by atoms with Gasteiger partial charge in [-0.25, -0.2) is 4.79 Å². The molecule has 4 aliphatic rings. The Balaban J connectivity index is 1.31. The third-order valence-electron chi connectivity index (χ3n) is 6.10. The van der Waals surface area contributed by atoms with Gasteiger partial charge in [0.15, 0.2) is 0 Å². The van der Waals surface area contributed by atoms with Gasteiger partial charge in [0.05, 0.1) is 31.0 Å². The topological polar surface area (TPSA) is 63.3 Å². The molecule has 1 amide bonds. The van der Waals surface area contributed by atoms with Gasteiger partial charge in [-0.1, -0.05) is 0 Å². The van der Waals surface area contributed by atoms with Crippen molar-refractivity contribution in [3.05, 3.63) is 18.2 Å². The highest BCUT2D eigenvalue weighted by atomic mass is 16.6. The highest BCUT2D eigenvalue weighted by Gasteiger charge is 2.47. The molecule has 1 aromatic rings. The van der Waals surface area contributed by atoms with Crippen LogP contribution in [0.25, 0.3) is 0 Å². The Kier molecular flexibility index (Phi) is 4.62. The van der Waals surface area contributed by atoms with Crippen molar-refractivity contribution in [2.45, 2.75) is 69.9 Å². The SMILES string of the molecule is CC(C)(C)OC(=O)Nc1ccc(N2CC3CC2CN3C2COC2)c(OC2CC2)c1. The van der Waals surface area contributed by atoms with Crippen molar-refractivity contribution in [2.24, 2.45) is 0 Å². The molecule has 3 aliphatic heterocycles. The Morgan fingerprint density at radius 1 is 1.14 bits per heavy atom. The van der Waals surface area contributed by atoms with Crippen LogP contribution in [0.15, 0.2) is 18.2 Å². The summed E-state index contributed by atoms with van der Waals surface area (Å²) < 4.78 is 17.0. The molecular weight excluding hydrogens is 370 g/mol. The number of ether oxygens (including phenoxy) is 3. The van der Waals surface area contributed by atoms with Crippen LogP contribution in [-0.2, 0) is 9.47 Å². The van der Waals surface area contributed by atoms with Gasteiger partial charge in [-0.05, 0) is 52.2 Å². The molecule has 29 heavy (non-hydrogen) atoms. The number of anilines is 2. The molecule has 2 atom stereocenters. The number of benzene rings is 1. The van der Waals surface area contributed by atoms with Gasteiger partial charge in [-0.15, -0.1) is 0 Å². The third kappa shape index (κ3) is 4.03. The second kappa shape index (κ2) is 7.06. The summed E-state index contributed by atoms with van der Waals surface area (Å²) in [5.41, 5.74) is 1.32. The number of fused-ring (bicyclic) bond motifs is 2. The summed E-state index contributed by atoms with van der Waals surface area (Å²) in [5.74, 6) is 0.868. The summed E-state index contributed by atoms with van der Waals surface area (Å²) in [4.78, 5) is 17.3. The van der Waals surface area contributed by atoms with Gasteiger partial charge in [0.25, 0.3) is 0 Å². The van der Waals surface area contributed by atoms with Gasteiger partial charge in [0, 0.05) is 36.9 Å². The van der Waals surface area contributed by atoms with Crippen LogP contribution >= 0.6 is 0 Å². The van der Waals surface area contributed by atoms with Gasteiger partial charge in [-0.3, -0.25) is 10.2 Å². The van der Waals surface area contributed by atoms with Crippen LogP contribution in [-0.4, -0.2) is 67.1 Å². The van der Waals surface area contributed by atoms with Crippen LogP contribution in [0.3, 0.4) is 0 Å². The van der Waals surface area contributed by atoms with Gasteiger partial charge in [0.1, 0.15) is 11.4 Å². The number of hydrogen-bond donors (Lipinski definition) is 1. The fourth-order valence-electron chi connectivity index (χ4n) is 4.57. The Bertz CT molecular complexity index is 785. The zero-order valence-corrected chi connectivity index (χ0v) is 17.5. The second-order valence-corrected chi connectivity index (χ2v) is 9.71. The van der Waals surface area contributed by atoms with E-state index in [4.69, 9.17) is 14.2 Å². The molecule has 3 heterocycles. The van der Waals surface area contributed by atoms with E-state index in [2.05, 4.69) is 21.2 Å². The number of amides is 1. The minimum absolute atomic E-state index is 0.300. The lowest BCUT2D eigenvalue weighted by atomic mass is 10.1. The van der Waals surface area contributed by atoms with Crippen LogP contribution in [0.2, 0.25) is 0 Å². The number of carbonyl (C=O) groups excluding carboxylic acids is 1. The number of nitrogens with one attached hydrogen (secondary N) is 1. The molecule has 1 N–H and O–H groups in total. The van der Waals surface area contributed by atoms with Crippen molar-refractivity contribution in [3.63, 3.8) is 0 Å². The number of nitrogens with zero attached hydrogens (tertiary/aromatic N) is 2. The first-order valence-electron chi connectivity index (χ1n) is 10.8. The van der Waals surface area contributed by atoms with Crippen LogP contribution in [0, 0.1) is 0 Å². The smallest absolute Gasteiger partial charge is 0.412 e. The predicted molar refractivity (Wildman–Crippen MR) is 111 cm³/mol. The molecule has 0 spiro atoms. The largest absolute Gasteiger partial charge is 0.488 e. The van der Waals surface area contributed by atoms with Gasteiger partial charge in [-0.2, -0.15) is 0 Å². The number of rotatable bonds is 5. The first kappa shape index (κ1) is 19.0. The maximum Gasteiger partial charge on any atom is 0.412 e. The van der Waals surface area contributed by atoms with Crippen LogP contribution < -0.4 is 15.0 Å². The number of piperazine rings is 1. The molecule has 7 nitrogen and oxygen atoms in total. The summed E-state index contributed by atoms with van der Waals surface area (Å²) in [6.07, 6.45) is 3.27. The van der Waals surface area contributed by atoms with Crippen LogP contribution in [0.1, 0.15) is 40.0 Å². The van der Waals surface area contributed by atoms with Crippen molar-refractivity contribution in [1.29, 1.82) is 0 Å². The van der Waals surface area contributed by atoms with Gasteiger partial charge < -0.3 is 19.1 Å². The van der Waals surface area contributed by atoms with E-state index in [-0.39, 0.29) is 0 Å². The number of hydrogen-bond acceptors (Lipinski definition) is 6. The molecule has 1 aliphatic carbocycles. The zero-order chi connectivity index (χ0) is 20.2. The van der Waals surface area contributed by atoms with Crippen LogP contribution in [0.4, 0.5) is 16.2 Å². The van der Waals surface area contributed by atoms with E-state index in [1.54, 1.807) is 0 Å². The monoisotopic (exact) mass is 401 g/mol. The first-order chi connectivity index (χ1) is 13.9. The summed E-state index contributed by atoms with van der Waals surface area (Å²) in [6.45, 7) is 9.46. The van der Waals surface area contributed by atoms with Crippen molar-refractivity contribution >= 4 is 17.5 Å². The Labute approximate surface area is 172 Å². The number of carbonyl (C=O) groups is 1. The van der Waals surface area contributed by atoms with E-state index in [9.17, 15) is 4.79 Å². The molecule has 1 aromatic carbocycles. The zero-order valence-electron chi connectivity index (χ0n) is 17.5. The average Bonchev–Trinajstić information content (AvgIpc) is 3.17. The lowest BCUT2D eigenvalue weighted by Gasteiger charge is -2.43. The van der Waals surface area contributed by atoms with E-state index in [1.807, 2.05) is 32.9 Å². The van der Waals surface area contributed by atoms with E-state index < -0.39 is 11.7 Å². The molecule has 4 fully saturated rings. The molecule has 2 bridgehead atoms. The highest BCUT2D eigenvalue weighted by molar-refractivity contribution is 5.86. The Morgan fingerprint density at radius 3 is 2.52 bits per heavy atom. The molecule has 1 saturated carbocycles. The molecule has 0 aromatic heterocycles. The Hall–Kier alpha value is -1.99. The average molecular weight is 402 g/mol. The molecule has 5 rings (SSSR count). The van der Waals surface area contributed by atoms with E-state index in [0.717, 1.165) is 50.6 Å². The summed E-state index contributed by atoms with van der Waals surface area (Å²) in [6, 6.07) is 7.70. The van der Waals surface area contributed by atoms with Crippen molar-refractivity contribution in [3.8, 4) is 5.75 Å². The number of likely N-dealkylation sites (tertiary alicyclic amines) is 1. The van der Waals surface area contributed by atoms with E-state index >= 15 is 0 Å². The lowest BCUT2D eigenvalue weighted by molar-refractivity contribution is -0.0708. The maximum atomic E-state index is 12.2.